The minimum atomic E-state index is -0.0205. The molecule has 138 valence electrons. The summed E-state index contributed by atoms with van der Waals surface area (Å²) < 4.78 is 10.6. The lowest BCUT2D eigenvalue weighted by Crippen LogP contribution is -2.28. The van der Waals surface area contributed by atoms with Crippen molar-refractivity contribution in [1.82, 2.24) is 14.9 Å². The van der Waals surface area contributed by atoms with E-state index in [1.54, 1.807) is 20.3 Å². The van der Waals surface area contributed by atoms with Crippen LogP contribution in [0.4, 0.5) is 5.82 Å². The monoisotopic (exact) mass is 356 g/mol. The van der Waals surface area contributed by atoms with E-state index in [1.165, 1.54) is 6.33 Å². The number of carbonyl (C=O) groups is 1. The van der Waals surface area contributed by atoms with E-state index >= 15 is 0 Å². The van der Waals surface area contributed by atoms with E-state index in [4.69, 9.17) is 9.47 Å². The Morgan fingerprint density at radius 1 is 1.12 bits per heavy atom. The largest absolute Gasteiger partial charge is 0.493 e. The molecule has 2 aromatic rings. The van der Waals surface area contributed by atoms with Crippen LogP contribution in [0.3, 0.4) is 0 Å². The van der Waals surface area contributed by atoms with Crippen LogP contribution >= 0.6 is 0 Å². The van der Waals surface area contributed by atoms with Crippen LogP contribution in [0.25, 0.3) is 0 Å². The number of anilines is 1. The molecule has 0 atom stereocenters. The number of methoxy groups -OCH3 is 2. The number of amides is 1. The minimum absolute atomic E-state index is 0.0205. The predicted molar refractivity (Wildman–Crippen MR) is 98.9 cm³/mol. The van der Waals surface area contributed by atoms with Crippen molar-refractivity contribution in [3.63, 3.8) is 0 Å². The van der Waals surface area contributed by atoms with Gasteiger partial charge in [-0.3, -0.25) is 4.79 Å². The van der Waals surface area contributed by atoms with Crippen molar-refractivity contribution in [3.8, 4) is 11.5 Å². The molecule has 0 unspecified atom stereocenters. The molecule has 0 aliphatic carbocycles. The summed E-state index contributed by atoms with van der Waals surface area (Å²) in [5, 5.41) is 3.25. The molecule has 1 aliphatic rings. The van der Waals surface area contributed by atoms with Crippen LogP contribution < -0.4 is 14.8 Å². The Morgan fingerprint density at radius 3 is 2.62 bits per heavy atom. The zero-order valence-electron chi connectivity index (χ0n) is 15.2. The lowest BCUT2D eigenvalue weighted by Gasteiger charge is -2.15. The molecular formula is C19H24N4O3. The van der Waals surface area contributed by atoms with Gasteiger partial charge in [0.1, 0.15) is 17.8 Å². The molecule has 7 nitrogen and oxygen atoms in total. The zero-order chi connectivity index (χ0) is 18.4. The van der Waals surface area contributed by atoms with Crippen molar-refractivity contribution < 1.29 is 14.3 Å². The third-order valence-electron chi connectivity index (χ3n) is 4.45. The van der Waals surface area contributed by atoms with Gasteiger partial charge in [0.25, 0.3) is 5.91 Å². The highest BCUT2D eigenvalue weighted by Gasteiger charge is 2.20. The Balaban J connectivity index is 1.58. The van der Waals surface area contributed by atoms with Gasteiger partial charge in [-0.15, -0.1) is 0 Å². The van der Waals surface area contributed by atoms with Gasteiger partial charge in [-0.05, 0) is 37.0 Å². The van der Waals surface area contributed by atoms with Gasteiger partial charge in [-0.2, -0.15) is 0 Å². The molecule has 1 amide bonds. The average molecular weight is 356 g/mol. The molecule has 7 heteroatoms. The van der Waals surface area contributed by atoms with Crippen molar-refractivity contribution >= 4 is 11.7 Å². The van der Waals surface area contributed by atoms with Crippen LogP contribution in [0.2, 0.25) is 0 Å². The standard InChI is InChI=1S/C19H24N4O3/c1-25-16-6-5-14(11-17(16)26-2)7-8-20-18-12-15(21-13-22-18)19(24)23-9-3-4-10-23/h5-6,11-13H,3-4,7-10H2,1-2H3,(H,20,21,22). The van der Waals surface area contributed by atoms with E-state index in [9.17, 15) is 4.79 Å². The summed E-state index contributed by atoms with van der Waals surface area (Å²) in [6.07, 6.45) is 4.35. The summed E-state index contributed by atoms with van der Waals surface area (Å²) in [6.45, 7) is 2.31. The fourth-order valence-electron chi connectivity index (χ4n) is 3.02. The number of likely N-dealkylation sites (tertiary alicyclic amines) is 1. The molecule has 1 aromatic carbocycles. The van der Waals surface area contributed by atoms with Gasteiger partial charge in [0, 0.05) is 25.7 Å². The predicted octanol–water partition coefficient (Wildman–Crippen LogP) is 2.38. The Kier molecular flexibility index (Phi) is 5.88. The Labute approximate surface area is 153 Å². The molecule has 0 spiro atoms. The maximum atomic E-state index is 12.4. The van der Waals surface area contributed by atoms with E-state index in [0.29, 0.717) is 29.6 Å². The summed E-state index contributed by atoms with van der Waals surface area (Å²) in [5.41, 5.74) is 1.56. The first-order chi connectivity index (χ1) is 12.7. The van der Waals surface area contributed by atoms with Crippen LogP contribution in [0.15, 0.2) is 30.6 Å². The topological polar surface area (TPSA) is 76.6 Å². The number of nitrogens with zero attached hydrogens (tertiary/aromatic N) is 3. The number of hydrogen-bond donors (Lipinski definition) is 1. The number of aromatic nitrogens is 2. The number of rotatable bonds is 7. The third-order valence-corrected chi connectivity index (χ3v) is 4.45. The lowest BCUT2D eigenvalue weighted by atomic mass is 10.1. The van der Waals surface area contributed by atoms with E-state index in [0.717, 1.165) is 37.9 Å². The van der Waals surface area contributed by atoms with Gasteiger partial charge in [0.05, 0.1) is 14.2 Å². The van der Waals surface area contributed by atoms with Gasteiger partial charge in [-0.1, -0.05) is 6.07 Å². The maximum Gasteiger partial charge on any atom is 0.272 e. The molecule has 1 fully saturated rings. The SMILES string of the molecule is COc1ccc(CCNc2cc(C(=O)N3CCCC3)ncn2)cc1OC. The molecule has 0 radical (unpaired) electrons. The van der Waals surface area contributed by atoms with Gasteiger partial charge in [0.2, 0.25) is 0 Å². The first-order valence-electron chi connectivity index (χ1n) is 8.77. The number of nitrogens with one attached hydrogen (secondary N) is 1. The van der Waals surface area contributed by atoms with Crippen LogP contribution in [-0.2, 0) is 6.42 Å². The fraction of sp³-hybridized carbons (Fsp3) is 0.421. The first-order valence-corrected chi connectivity index (χ1v) is 8.77. The molecule has 0 saturated carbocycles. The second-order valence-corrected chi connectivity index (χ2v) is 6.15. The molecule has 1 N–H and O–H groups in total. The number of ether oxygens (including phenoxy) is 2. The number of carbonyl (C=O) groups excluding carboxylic acids is 1. The van der Waals surface area contributed by atoms with E-state index in [1.807, 2.05) is 23.1 Å². The summed E-state index contributed by atoms with van der Waals surface area (Å²) in [7, 11) is 3.24. The van der Waals surface area contributed by atoms with Crippen LogP contribution in [0, 0.1) is 0 Å². The summed E-state index contributed by atoms with van der Waals surface area (Å²) >= 11 is 0. The number of benzene rings is 1. The normalized spacial score (nSPS) is 13.5. The number of hydrogen-bond acceptors (Lipinski definition) is 6. The molecule has 0 bridgehead atoms. The third kappa shape index (κ3) is 4.22. The zero-order valence-corrected chi connectivity index (χ0v) is 15.2. The van der Waals surface area contributed by atoms with E-state index in [-0.39, 0.29) is 5.91 Å². The Morgan fingerprint density at radius 2 is 1.88 bits per heavy atom. The molecule has 26 heavy (non-hydrogen) atoms. The van der Waals surface area contributed by atoms with E-state index in [2.05, 4.69) is 15.3 Å². The summed E-state index contributed by atoms with van der Waals surface area (Å²) in [4.78, 5) is 22.6. The summed E-state index contributed by atoms with van der Waals surface area (Å²) in [6, 6.07) is 7.58. The van der Waals surface area contributed by atoms with Crippen molar-refractivity contribution in [2.75, 3.05) is 39.2 Å². The highest BCUT2D eigenvalue weighted by Crippen LogP contribution is 2.27. The van der Waals surface area contributed by atoms with Gasteiger partial charge >= 0.3 is 0 Å². The highest BCUT2D eigenvalue weighted by molar-refractivity contribution is 5.93. The van der Waals surface area contributed by atoms with Crippen LogP contribution in [-0.4, -0.2) is 54.6 Å². The van der Waals surface area contributed by atoms with Crippen molar-refractivity contribution in [2.24, 2.45) is 0 Å². The quantitative estimate of drug-likeness (QED) is 0.821. The smallest absolute Gasteiger partial charge is 0.272 e. The molecule has 1 saturated heterocycles. The highest BCUT2D eigenvalue weighted by atomic mass is 16.5. The molecule has 1 aliphatic heterocycles. The van der Waals surface area contributed by atoms with Crippen LogP contribution in [0.1, 0.15) is 28.9 Å². The Hall–Kier alpha value is -2.83. The van der Waals surface area contributed by atoms with E-state index < -0.39 is 0 Å². The molecular weight excluding hydrogens is 332 g/mol. The van der Waals surface area contributed by atoms with Gasteiger partial charge in [-0.25, -0.2) is 9.97 Å². The van der Waals surface area contributed by atoms with Crippen molar-refractivity contribution in [3.05, 3.63) is 41.9 Å². The summed E-state index contributed by atoms with van der Waals surface area (Å²) in [5.74, 6) is 2.06. The van der Waals surface area contributed by atoms with Crippen molar-refractivity contribution in [1.29, 1.82) is 0 Å². The fourth-order valence-corrected chi connectivity index (χ4v) is 3.02. The maximum absolute atomic E-state index is 12.4. The molecule has 2 heterocycles. The minimum Gasteiger partial charge on any atom is -0.493 e. The van der Waals surface area contributed by atoms with Crippen molar-refractivity contribution in [2.45, 2.75) is 19.3 Å². The lowest BCUT2D eigenvalue weighted by molar-refractivity contribution is 0.0787. The van der Waals surface area contributed by atoms with Gasteiger partial charge < -0.3 is 19.7 Å². The Bertz CT molecular complexity index is 760. The van der Waals surface area contributed by atoms with Crippen LogP contribution in [0.5, 0.6) is 11.5 Å². The second-order valence-electron chi connectivity index (χ2n) is 6.15. The first kappa shape index (κ1) is 18.0. The molecule has 3 rings (SSSR count). The average Bonchev–Trinajstić information content (AvgIpc) is 3.22. The second kappa shape index (κ2) is 8.51. The van der Waals surface area contributed by atoms with Gasteiger partial charge in [0.15, 0.2) is 11.5 Å². The molecule has 1 aromatic heterocycles.